The second-order valence-electron chi connectivity index (χ2n) is 14.9. The number of likely N-dealkylation sites (tertiary alicyclic amines) is 1. The zero-order chi connectivity index (χ0) is 39.7. The molecule has 2 heterocycles. The first-order valence-electron chi connectivity index (χ1n) is 17.8. The number of alkyl carbamates (subject to hydrolysis) is 1. The van der Waals surface area contributed by atoms with Gasteiger partial charge in [-0.1, -0.05) is 24.8 Å². The van der Waals surface area contributed by atoms with Crippen molar-refractivity contribution in [2.75, 3.05) is 19.6 Å². The van der Waals surface area contributed by atoms with Gasteiger partial charge in [0.2, 0.25) is 27.7 Å². The molecule has 1 aromatic carbocycles. The Kier molecular flexibility index (Phi) is 11.5. The lowest BCUT2D eigenvalue weighted by Crippen LogP contribution is -2.60. The Morgan fingerprint density at radius 1 is 1.13 bits per heavy atom. The second-order valence-corrected chi connectivity index (χ2v) is 16.9. The smallest absolute Gasteiger partial charge is 0.410 e. The van der Waals surface area contributed by atoms with E-state index in [1.54, 1.807) is 33.8 Å². The van der Waals surface area contributed by atoms with Gasteiger partial charge < -0.3 is 29.9 Å². The lowest BCUT2D eigenvalue weighted by molar-refractivity contribution is -0.142. The van der Waals surface area contributed by atoms with Gasteiger partial charge >= 0.3 is 12.2 Å². The lowest BCUT2D eigenvalue weighted by Gasteiger charge is -2.32. The summed E-state index contributed by atoms with van der Waals surface area (Å²) in [5.74, 6) is -4.28. The van der Waals surface area contributed by atoms with Gasteiger partial charge in [-0.3, -0.25) is 28.8 Å². The Labute approximate surface area is 313 Å². The number of ether oxygens (including phenoxy) is 2. The van der Waals surface area contributed by atoms with E-state index >= 15 is 0 Å². The van der Waals surface area contributed by atoms with Crippen LogP contribution in [-0.2, 0) is 51.8 Å². The van der Waals surface area contributed by atoms with Crippen molar-refractivity contribution < 1.29 is 51.0 Å². The second kappa shape index (κ2) is 15.4. The topological polar surface area (TPSA) is 201 Å². The number of carbonyl (C=O) groups excluding carboxylic acids is 6. The summed E-state index contributed by atoms with van der Waals surface area (Å²) in [5, 5.41) is 4.44. The van der Waals surface area contributed by atoms with Gasteiger partial charge in [0.1, 0.15) is 35.1 Å². The average Bonchev–Trinajstić information content (AvgIpc) is 3.99. The molecule has 2 saturated carbocycles. The number of hydrogen-bond donors (Lipinski definition) is 3. The largest absolute Gasteiger partial charge is 0.444 e. The van der Waals surface area contributed by atoms with E-state index in [2.05, 4.69) is 28.5 Å². The molecule has 0 radical (unpaired) electrons. The van der Waals surface area contributed by atoms with Crippen LogP contribution in [-0.4, -0.2) is 113 Å². The van der Waals surface area contributed by atoms with Gasteiger partial charge in [-0.15, -0.1) is 6.58 Å². The van der Waals surface area contributed by atoms with Crippen molar-refractivity contribution in [3.8, 4) is 0 Å². The molecular weight excluding hydrogens is 727 g/mol. The van der Waals surface area contributed by atoms with Crippen LogP contribution in [0.4, 0.5) is 14.0 Å². The molecule has 0 aromatic heterocycles. The molecule has 2 aliphatic heterocycles. The molecule has 5 atom stereocenters. The number of nitrogens with one attached hydrogen (secondary N) is 3. The Morgan fingerprint density at radius 3 is 2.41 bits per heavy atom. The summed E-state index contributed by atoms with van der Waals surface area (Å²) >= 11 is 0. The maximum atomic E-state index is 14.4. The predicted octanol–water partition coefficient (Wildman–Crippen LogP) is 1.84. The fourth-order valence-corrected chi connectivity index (χ4v) is 8.04. The lowest BCUT2D eigenvalue weighted by atomic mass is 10.1. The number of amides is 6. The third-order valence-corrected chi connectivity index (χ3v) is 11.6. The van der Waals surface area contributed by atoms with E-state index in [9.17, 15) is 41.6 Å². The fraction of sp³-hybridized carbons (Fsp3) is 0.556. The fourth-order valence-electron chi connectivity index (χ4n) is 6.68. The highest BCUT2D eigenvalue weighted by Crippen LogP contribution is 2.45. The van der Waals surface area contributed by atoms with Crippen LogP contribution in [0.15, 0.2) is 43.5 Å². The summed E-state index contributed by atoms with van der Waals surface area (Å²) in [7, 11) is -3.98. The average molecular weight is 775 g/mol. The first-order valence-corrected chi connectivity index (χ1v) is 19.3. The quantitative estimate of drug-likeness (QED) is 0.196. The van der Waals surface area contributed by atoms with Crippen LogP contribution in [0.3, 0.4) is 0 Å². The molecular formula is C36H47FN6O10S. The third-order valence-electron chi connectivity index (χ3n) is 9.81. The molecule has 0 spiro atoms. The normalized spacial score (nSPS) is 23.7. The number of fused-ring (bicyclic) bond motifs is 1. The van der Waals surface area contributed by atoms with Gasteiger partial charge in [0.25, 0.3) is 5.91 Å². The first-order chi connectivity index (χ1) is 25.3. The van der Waals surface area contributed by atoms with Crippen LogP contribution in [0, 0.1) is 11.7 Å². The summed E-state index contributed by atoms with van der Waals surface area (Å²) in [4.78, 5) is 84.7. The number of likely N-dealkylation sites (N-methyl/N-ethyl adjacent to an activating group) is 1. The first kappa shape index (κ1) is 40.2. The van der Waals surface area contributed by atoms with Gasteiger partial charge in [0.05, 0.1) is 24.9 Å². The number of nitrogens with zero attached hydrogens (tertiary/aromatic N) is 3. The van der Waals surface area contributed by atoms with Gasteiger partial charge in [-0.2, -0.15) is 0 Å². The standard InChI is InChI=1S/C36H47FN6O10S/c1-7-22-16-36(22,32(47)40-54(50,51)24-13-14-24)39-30(45)28-15-23(52-34(49)42-17-21-11-10-12-26(37)25(21)19-42)18-43(28)31(46)27(20-41(9-3)29(44)8-2)38-33(48)53-35(4,5)6/h7-8,10-12,22-24,27-28H,1-2,9,13-20H2,3-6H3,(H,38,48)(H,39,45)(H,40,47)/t22-,23-,27+,28+,36-/m1/s1. The molecule has 3 fully saturated rings. The Morgan fingerprint density at radius 2 is 1.83 bits per heavy atom. The van der Waals surface area contributed by atoms with Crippen molar-refractivity contribution in [2.45, 2.75) is 101 Å². The highest BCUT2D eigenvalue weighted by molar-refractivity contribution is 7.91. The number of carbonyl (C=O) groups is 6. The van der Waals surface area contributed by atoms with E-state index in [-0.39, 0.29) is 45.6 Å². The van der Waals surface area contributed by atoms with E-state index < -0.39 is 92.2 Å². The molecule has 0 unspecified atom stereocenters. The number of sulfonamides is 1. The minimum Gasteiger partial charge on any atom is -0.444 e. The van der Waals surface area contributed by atoms with E-state index in [0.29, 0.717) is 24.0 Å². The predicted molar refractivity (Wildman–Crippen MR) is 191 cm³/mol. The van der Waals surface area contributed by atoms with Crippen LogP contribution in [0.1, 0.15) is 64.5 Å². The number of benzene rings is 1. The maximum absolute atomic E-state index is 14.4. The molecule has 54 heavy (non-hydrogen) atoms. The summed E-state index contributed by atoms with van der Waals surface area (Å²) in [6.07, 6.45) is 0.159. The van der Waals surface area contributed by atoms with Crippen LogP contribution >= 0.6 is 0 Å². The zero-order valence-corrected chi connectivity index (χ0v) is 31.6. The molecule has 4 aliphatic rings. The van der Waals surface area contributed by atoms with E-state index in [4.69, 9.17) is 9.47 Å². The van der Waals surface area contributed by atoms with Crippen molar-refractivity contribution in [1.82, 2.24) is 30.1 Å². The SMILES string of the molecule is C=CC(=O)N(CC)C[C@H](NC(=O)OC(C)(C)C)C(=O)N1C[C@H](OC(=O)N2Cc3cccc(F)c3C2)C[C@H]1C(=O)N[C@]1(C(=O)NS(=O)(=O)C2CC2)C[C@H]1C=C. The highest BCUT2D eigenvalue weighted by Gasteiger charge is 2.62. The molecule has 5 rings (SSSR count). The number of hydrogen-bond acceptors (Lipinski definition) is 10. The highest BCUT2D eigenvalue weighted by atomic mass is 32.2. The minimum atomic E-state index is -3.98. The van der Waals surface area contributed by atoms with Crippen molar-refractivity contribution >= 4 is 45.8 Å². The van der Waals surface area contributed by atoms with Crippen LogP contribution in [0.2, 0.25) is 0 Å². The molecule has 294 valence electrons. The maximum Gasteiger partial charge on any atom is 0.410 e. The minimum absolute atomic E-state index is 0.0391. The van der Waals surface area contributed by atoms with Gasteiger partial charge in [0.15, 0.2) is 0 Å². The molecule has 0 bridgehead atoms. The van der Waals surface area contributed by atoms with Gasteiger partial charge in [-0.25, -0.2) is 22.4 Å². The Balaban J connectivity index is 1.41. The summed E-state index contributed by atoms with van der Waals surface area (Å²) in [5.41, 5.74) is -1.69. The van der Waals surface area contributed by atoms with Crippen LogP contribution < -0.4 is 15.4 Å². The summed E-state index contributed by atoms with van der Waals surface area (Å²) < 4.78 is 53.0. The molecule has 1 aromatic rings. The molecule has 2 aliphatic carbocycles. The van der Waals surface area contributed by atoms with Crippen molar-refractivity contribution in [2.24, 2.45) is 5.92 Å². The van der Waals surface area contributed by atoms with E-state index in [0.717, 1.165) is 11.0 Å². The summed E-state index contributed by atoms with van der Waals surface area (Å²) in [6, 6.07) is 1.64. The molecule has 6 amide bonds. The molecule has 1 saturated heterocycles. The van der Waals surface area contributed by atoms with Crippen LogP contribution in [0.5, 0.6) is 0 Å². The Bertz CT molecular complexity index is 1850. The van der Waals surface area contributed by atoms with Crippen molar-refractivity contribution in [3.05, 3.63) is 60.5 Å². The number of halogens is 1. The number of rotatable bonds is 13. The molecule has 16 nitrogen and oxygen atoms in total. The monoisotopic (exact) mass is 774 g/mol. The van der Waals surface area contributed by atoms with Gasteiger partial charge in [-0.05, 0) is 64.7 Å². The third kappa shape index (κ3) is 8.85. The summed E-state index contributed by atoms with van der Waals surface area (Å²) in [6.45, 7) is 13.1. The van der Waals surface area contributed by atoms with Gasteiger partial charge in [0, 0.05) is 31.0 Å². The molecule has 18 heteroatoms. The zero-order valence-electron chi connectivity index (χ0n) is 30.8. The van der Waals surface area contributed by atoms with E-state index in [1.807, 2.05) is 0 Å². The van der Waals surface area contributed by atoms with Crippen molar-refractivity contribution in [3.63, 3.8) is 0 Å². The Hall–Kier alpha value is -5.00. The van der Waals surface area contributed by atoms with Crippen molar-refractivity contribution in [1.29, 1.82) is 0 Å². The molecule has 3 N–H and O–H groups in total. The van der Waals surface area contributed by atoms with Crippen LogP contribution in [0.25, 0.3) is 0 Å². The van der Waals surface area contributed by atoms with E-state index in [1.165, 1.54) is 28.0 Å².